The molecule has 0 radical (unpaired) electrons. The molecule has 1 aromatic heterocycles. The van der Waals surface area contributed by atoms with Gasteiger partial charge in [0.05, 0.1) is 17.2 Å². The van der Waals surface area contributed by atoms with E-state index in [1.54, 1.807) is 20.0 Å². The fourth-order valence-electron chi connectivity index (χ4n) is 4.33. The van der Waals surface area contributed by atoms with Crippen molar-refractivity contribution in [1.82, 2.24) is 4.98 Å². The zero-order chi connectivity index (χ0) is 20.3. The molecule has 0 atom stereocenters. The standard InChI is InChI=1S/C23H33NO3S/c1-16(2)28(25,26)14-20-7-5-19(6-8-20)9-10-21-11-12-22(18(4)17(21)3)23-13-24-15-27-23/h11-13,15-16,19-20H,5-10,14H2,1-4H3. The van der Waals surface area contributed by atoms with Crippen LogP contribution in [0.5, 0.6) is 0 Å². The highest BCUT2D eigenvalue weighted by molar-refractivity contribution is 7.91. The molecule has 1 aliphatic carbocycles. The van der Waals surface area contributed by atoms with E-state index in [4.69, 9.17) is 4.42 Å². The zero-order valence-corrected chi connectivity index (χ0v) is 18.4. The highest BCUT2D eigenvalue weighted by Gasteiger charge is 2.27. The second-order valence-corrected chi connectivity index (χ2v) is 11.3. The van der Waals surface area contributed by atoms with Crippen LogP contribution in [0.3, 0.4) is 0 Å². The number of aryl methyl sites for hydroxylation is 1. The Morgan fingerprint density at radius 1 is 1.07 bits per heavy atom. The SMILES string of the molecule is Cc1c(CCC2CCC(CS(=O)(=O)C(C)C)CC2)ccc(-c2cnco2)c1C. The van der Waals surface area contributed by atoms with Crippen LogP contribution in [0.15, 0.2) is 29.1 Å². The molecule has 0 spiro atoms. The van der Waals surface area contributed by atoms with Gasteiger partial charge >= 0.3 is 0 Å². The molecule has 28 heavy (non-hydrogen) atoms. The predicted octanol–water partition coefficient (Wildman–Crippen LogP) is 5.52. The lowest BCUT2D eigenvalue weighted by Crippen LogP contribution is -2.26. The summed E-state index contributed by atoms with van der Waals surface area (Å²) in [6, 6.07) is 4.37. The number of sulfone groups is 1. The summed E-state index contributed by atoms with van der Waals surface area (Å²) in [5, 5.41) is -0.253. The summed E-state index contributed by atoms with van der Waals surface area (Å²) in [4.78, 5) is 4.02. The van der Waals surface area contributed by atoms with Gasteiger partial charge in [-0.1, -0.05) is 25.0 Å². The minimum atomic E-state index is -2.92. The first-order valence-corrected chi connectivity index (χ1v) is 12.2. The lowest BCUT2D eigenvalue weighted by atomic mass is 9.80. The first-order chi connectivity index (χ1) is 13.3. The van der Waals surface area contributed by atoms with Gasteiger partial charge in [-0.25, -0.2) is 13.4 Å². The molecule has 0 amide bonds. The zero-order valence-electron chi connectivity index (χ0n) is 17.6. The van der Waals surface area contributed by atoms with E-state index < -0.39 is 9.84 Å². The lowest BCUT2D eigenvalue weighted by Gasteiger charge is -2.29. The number of benzene rings is 1. The molecule has 0 N–H and O–H groups in total. The van der Waals surface area contributed by atoms with E-state index in [2.05, 4.69) is 31.0 Å². The second-order valence-electron chi connectivity index (χ2n) is 8.69. The van der Waals surface area contributed by atoms with Gasteiger partial charge in [-0.05, 0) is 81.9 Å². The van der Waals surface area contributed by atoms with Crippen molar-refractivity contribution < 1.29 is 12.8 Å². The summed E-state index contributed by atoms with van der Waals surface area (Å²) in [5.74, 6) is 2.26. The van der Waals surface area contributed by atoms with E-state index in [0.717, 1.165) is 43.4 Å². The van der Waals surface area contributed by atoms with Crippen LogP contribution < -0.4 is 0 Å². The van der Waals surface area contributed by atoms with E-state index in [1.165, 1.54) is 29.5 Å². The maximum Gasteiger partial charge on any atom is 0.181 e. The highest BCUT2D eigenvalue weighted by atomic mass is 32.2. The fraction of sp³-hybridized carbons (Fsp3) is 0.609. The molecule has 2 aromatic rings. The lowest BCUT2D eigenvalue weighted by molar-refractivity contribution is 0.278. The van der Waals surface area contributed by atoms with Crippen LogP contribution >= 0.6 is 0 Å². The van der Waals surface area contributed by atoms with Gasteiger partial charge in [0, 0.05) is 5.56 Å². The predicted molar refractivity (Wildman–Crippen MR) is 114 cm³/mol. The number of aromatic nitrogens is 1. The molecule has 1 heterocycles. The van der Waals surface area contributed by atoms with Crippen LogP contribution in [0.1, 0.15) is 62.6 Å². The Morgan fingerprint density at radius 2 is 1.75 bits per heavy atom. The topological polar surface area (TPSA) is 60.2 Å². The minimum Gasteiger partial charge on any atom is -0.444 e. The van der Waals surface area contributed by atoms with E-state index in [0.29, 0.717) is 17.6 Å². The van der Waals surface area contributed by atoms with Crippen molar-refractivity contribution in [3.8, 4) is 11.3 Å². The third-order valence-corrected chi connectivity index (χ3v) is 8.94. The number of hydrogen-bond acceptors (Lipinski definition) is 4. The molecule has 3 rings (SSSR count). The molecular weight excluding hydrogens is 370 g/mol. The van der Waals surface area contributed by atoms with Gasteiger partial charge < -0.3 is 4.42 Å². The average Bonchev–Trinajstić information content (AvgIpc) is 3.18. The molecule has 154 valence electrons. The summed E-state index contributed by atoms with van der Waals surface area (Å²) in [7, 11) is -2.92. The molecular formula is C23H33NO3S. The maximum atomic E-state index is 12.2. The third kappa shape index (κ3) is 4.86. The molecule has 4 nitrogen and oxygen atoms in total. The number of nitrogens with zero attached hydrogens (tertiary/aromatic N) is 1. The van der Waals surface area contributed by atoms with Crippen LogP contribution in [-0.4, -0.2) is 24.4 Å². The van der Waals surface area contributed by atoms with Crippen LogP contribution in [0, 0.1) is 25.7 Å². The summed E-state index contributed by atoms with van der Waals surface area (Å²) >= 11 is 0. The molecule has 1 fully saturated rings. The van der Waals surface area contributed by atoms with Gasteiger partial charge in [-0.3, -0.25) is 0 Å². The van der Waals surface area contributed by atoms with Crippen LogP contribution in [0.4, 0.5) is 0 Å². The van der Waals surface area contributed by atoms with Gasteiger partial charge in [0.1, 0.15) is 0 Å². The van der Waals surface area contributed by atoms with E-state index >= 15 is 0 Å². The van der Waals surface area contributed by atoms with Gasteiger partial charge in [0.25, 0.3) is 0 Å². The molecule has 0 unspecified atom stereocenters. The minimum absolute atomic E-state index is 0.253. The van der Waals surface area contributed by atoms with Gasteiger partial charge in [-0.2, -0.15) is 0 Å². The Balaban J connectivity index is 1.54. The molecule has 0 aliphatic heterocycles. The molecule has 0 bridgehead atoms. The molecule has 0 saturated heterocycles. The van der Waals surface area contributed by atoms with Crippen molar-refractivity contribution in [3.63, 3.8) is 0 Å². The Kier molecular flexibility index (Phi) is 6.64. The average molecular weight is 404 g/mol. The quantitative estimate of drug-likeness (QED) is 0.610. The van der Waals surface area contributed by atoms with Gasteiger partial charge in [0.2, 0.25) is 0 Å². The fourth-order valence-corrected chi connectivity index (χ4v) is 5.71. The molecule has 5 heteroatoms. The van der Waals surface area contributed by atoms with Gasteiger partial charge in [0.15, 0.2) is 22.0 Å². The van der Waals surface area contributed by atoms with Crippen molar-refractivity contribution in [3.05, 3.63) is 41.4 Å². The van der Waals surface area contributed by atoms with E-state index in [1.807, 2.05) is 0 Å². The van der Waals surface area contributed by atoms with Crippen molar-refractivity contribution >= 4 is 9.84 Å². The van der Waals surface area contributed by atoms with Crippen molar-refractivity contribution in [2.45, 2.75) is 71.5 Å². The number of oxazole rings is 1. The summed E-state index contributed by atoms with van der Waals surface area (Å²) in [6.45, 7) is 7.92. The van der Waals surface area contributed by atoms with Gasteiger partial charge in [-0.15, -0.1) is 0 Å². The Bertz CT molecular complexity index is 877. The van der Waals surface area contributed by atoms with Crippen molar-refractivity contribution in [2.75, 3.05) is 5.75 Å². The second kappa shape index (κ2) is 8.81. The Labute approximate surface area is 169 Å². The van der Waals surface area contributed by atoms with Crippen LogP contribution in [0.2, 0.25) is 0 Å². The van der Waals surface area contributed by atoms with Crippen LogP contribution in [-0.2, 0) is 16.3 Å². The van der Waals surface area contributed by atoms with Crippen molar-refractivity contribution in [2.24, 2.45) is 11.8 Å². The summed E-state index contributed by atoms with van der Waals surface area (Å²) in [6.07, 6.45) is 9.94. The largest absolute Gasteiger partial charge is 0.444 e. The van der Waals surface area contributed by atoms with Crippen LogP contribution in [0.25, 0.3) is 11.3 Å². The molecule has 1 aliphatic rings. The van der Waals surface area contributed by atoms with Crippen molar-refractivity contribution in [1.29, 1.82) is 0 Å². The highest BCUT2D eigenvalue weighted by Crippen LogP contribution is 2.34. The molecule has 1 aromatic carbocycles. The molecule has 1 saturated carbocycles. The maximum absolute atomic E-state index is 12.2. The number of rotatable bonds is 7. The first-order valence-electron chi connectivity index (χ1n) is 10.5. The normalized spacial score (nSPS) is 20.6. The Morgan fingerprint density at radius 3 is 2.36 bits per heavy atom. The smallest absolute Gasteiger partial charge is 0.181 e. The summed E-state index contributed by atoms with van der Waals surface area (Å²) < 4.78 is 29.8. The van der Waals surface area contributed by atoms with E-state index in [-0.39, 0.29) is 5.25 Å². The first kappa shape index (κ1) is 21.1. The Hall–Kier alpha value is -1.62. The monoisotopic (exact) mass is 403 g/mol. The summed E-state index contributed by atoms with van der Waals surface area (Å²) in [5.41, 5.74) is 5.12. The number of hydrogen-bond donors (Lipinski definition) is 0. The van der Waals surface area contributed by atoms with E-state index in [9.17, 15) is 8.42 Å². The third-order valence-electron chi connectivity index (χ3n) is 6.57.